The molecule has 1 N–H and O–H groups in total. The first-order valence-corrected chi connectivity index (χ1v) is 7.32. The van der Waals surface area contributed by atoms with E-state index in [1.165, 1.54) is 11.3 Å². The lowest BCUT2D eigenvalue weighted by molar-refractivity contribution is -0.189. The minimum atomic E-state index is -0.689. The zero-order valence-corrected chi connectivity index (χ0v) is 12.4. The van der Waals surface area contributed by atoms with Crippen LogP contribution in [0.15, 0.2) is 42.1 Å². The Morgan fingerprint density at radius 2 is 1.90 bits per heavy atom. The molecule has 1 unspecified atom stereocenters. The fourth-order valence-corrected chi connectivity index (χ4v) is 3.29. The molecule has 3 nitrogen and oxygen atoms in total. The molecule has 2 heterocycles. The van der Waals surface area contributed by atoms with Gasteiger partial charge in [0.1, 0.15) is 0 Å². The third-order valence-corrected chi connectivity index (χ3v) is 4.23. The van der Waals surface area contributed by atoms with Crippen LogP contribution in [0, 0.1) is 5.41 Å². The molecule has 1 saturated heterocycles. The molecule has 1 aromatic carbocycles. The van der Waals surface area contributed by atoms with E-state index in [0.717, 1.165) is 6.42 Å². The van der Waals surface area contributed by atoms with E-state index in [9.17, 15) is 5.11 Å². The van der Waals surface area contributed by atoms with Gasteiger partial charge in [0.15, 0.2) is 6.29 Å². The lowest BCUT2D eigenvalue weighted by Gasteiger charge is -2.46. The molecule has 2 aliphatic rings. The number of aliphatic hydroxyl groups is 1. The molecule has 1 fully saturated rings. The van der Waals surface area contributed by atoms with E-state index in [1.54, 1.807) is 0 Å². The highest BCUT2D eigenvalue weighted by molar-refractivity contribution is 5.27. The maximum absolute atomic E-state index is 10.1. The Hall–Kier alpha value is -1.32. The standard InChI is InChI=1S/C17H23NO2/c1-17(2,3)15-10-9-13-16(19)20-11-14(18(13)15)12-7-5-4-6-8-12/h4-8,10,13-14,16,19H,9,11H2,1-3H3/t13-,14+,16?/m0/s1. The van der Waals surface area contributed by atoms with Gasteiger partial charge in [-0.15, -0.1) is 0 Å². The first kappa shape index (κ1) is 13.7. The number of benzene rings is 1. The Morgan fingerprint density at radius 3 is 2.55 bits per heavy atom. The molecule has 0 saturated carbocycles. The summed E-state index contributed by atoms with van der Waals surface area (Å²) < 4.78 is 5.60. The molecular weight excluding hydrogens is 250 g/mol. The number of allylic oxidation sites excluding steroid dienone is 1. The third-order valence-electron chi connectivity index (χ3n) is 4.23. The maximum atomic E-state index is 10.1. The summed E-state index contributed by atoms with van der Waals surface area (Å²) in [5.41, 5.74) is 2.65. The predicted octanol–water partition coefficient (Wildman–Crippen LogP) is 3.08. The zero-order chi connectivity index (χ0) is 14.3. The smallest absolute Gasteiger partial charge is 0.175 e. The largest absolute Gasteiger partial charge is 0.366 e. The number of hydrogen-bond acceptors (Lipinski definition) is 3. The SMILES string of the molecule is CC(C)(C)C1=CC[C@H]2C(O)OC[C@H](c3ccccc3)N12. The number of hydrogen-bond donors (Lipinski definition) is 1. The molecule has 20 heavy (non-hydrogen) atoms. The van der Waals surface area contributed by atoms with Crippen molar-refractivity contribution in [1.82, 2.24) is 4.90 Å². The molecule has 108 valence electrons. The molecule has 0 bridgehead atoms. The summed E-state index contributed by atoms with van der Waals surface area (Å²) in [6, 6.07) is 10.7. The summed E-state index contributed by atoms with van der Waals surface area (Å²) in [6.07, 6.45) is 2.43. The van der Waals surface area contributed by atoms with E-state index in [2.05, 4.69) is 56.0 Å². The van der Waals surface area contributed by atoms with Gasteiger partial charge in [0.2, 0.25) is 0 Å². The van der Waals surface area contributed by atoms with Crippen molar-refractivity contribution in [2.24, 2.45) is 5.41 Å². The van der Waals surface area contributed by atoms with Gasteiger partial charge in [-0.2, -0.15) is 0 Å². The summed E-state index contributed by atoms with van der Waals surface area (Å²) in [5.74, 6) is 0. The first-order chi connectivity index (χ1) is 9.48. The van der Waals surface area contributed by atoms with Gasteiger partial charge >= 0.3 is 0 Å². The summed E-state index contributed by atoms with van der Waals surface area (Å²) in [7, 11) is 0. The lowest BCUT2D eigenvalue weighted by atomic mass is 9.90. The van der Waals surface area contributed by atoms with Crippen LogP contribution in [-0.2, 0) is 4.74 Å². The number of morpholine rings is 1. The van der Waals surface area contributed by atoms with Crippen LogP contribution in [0.5, 0.6) is 0 Å². The molecule has 0 amide bonds. The van der Waals surface area contributed by atoms with Gasteiger partial charge in [0.05, 0.1) is 18.7 Å². The maximum Gasteiger partial charge on any atom is 0.175 e. The molecule has 0 aliphatic carbocycles. The number of nitrogens with zero attached hydrogens (tertiary/aromatic N) is 1. The lowest BCUT2D eigenvalue weighted by Crippen LogP contribution is -2.51. The summed E-state index contributed by atoms with van der Waals surface area (Å²) in [4.78, 5) is 2.38. The van der Waals surface area contributed by atoms with Crippen molar-refractivity contribution >= 4 is 0 Å². The van der Waals surface area contributed by atoms with E-state index in [4.69, 9.17) is 4.74 Å². The highest BCUT2D eigenvalue weighted by atomic mass is 16.6. The van der Waals surface area contributed by atoms with Crippen LogP contribution in [-0.4, -0.2) is 28.9 Å². The molecule has 1 aromatic rings. The van der Waals surface area contributed by atoms with Crippen molar-refractivity contribution in [3.63, 3.8) is 0 Å². The Balaban J connectivity index is 1.97. The number of rotatable bonds is 1. The number of fused-ring (bicyclic) bond motifs is 1. The van der Waals surface area contributed by atoms with E-state index in [0.29, 0.717) is 6.61 Å². The highest BCUT2D eigenvalue weighted by Crippen LogP contribution is 2.44. The van der Waals surface area contributed by atoms with Crippen molar-refractivity contribution in [1.29, 1.82) is 0 Å². The average molecular weight is 273 g/mol. The van der Waals surface area contributed by atoms with E-state index in [-0.39, 0.29) is 17.5 Å². The monoisotopic (exact) mass is 273 g/mol. The van der Waals surface area contributed by atoms with Gasteiger partial charge in [-0.25, -0.2) is 0 Å². The van der Waals surface area contributed by atoms with Crippen molar-refractivity contribution in [3.8, 4) is 0 Å². The summed E-state index contributed by atoms with van der Waals surface area (Å²) in [5, 5.41) is 10.1. The van der Waals surface area contributed by atoms with E-state index >= 15 is 0 Å². The molecule has 0 radical (unpaired) electrons. The van der Waals surface area contributed by atoms with E-state index < -0.39 is 6.29 Å². The van der Waals surface area contributed by atoms with Gasteiger partial charge < -0.3 is 14.7 Å². The summed E-state index contributed by atoms with van der Waals surface area (Å²) >= 11 is 0. The van der Waals surface area contributed by atoms with Crippen LogP contribution in [0.4, 0.5) is 0 Å². The first-order valence-electron chi connectivity index (χ1n) is 7.32. The van der Waals surface area contributed by atoms with Crippen LogP contribution in [0.1, 0.15) is 38.8 Å². The molecule has 3 heteroatoms. The predicted molar refractivity (Wildman–Crippen MR) is 78.9 cm³/mol. The molecule has 3 rings (SSSR count). The molecule has 0 aromatic heterocycles. The Bertz CT molecular complexity index is 503. The fraction of sp³-hybridized carbons (Fsp3) is 0.529. The van der Waals surface area contributed by atoms with Crippen LogP contribution >= 0.6 is 0 Å². The number of aliphatic hydroxyl groups excluding tert-OH is 1. The third kappa shape index (κ3) is 2.25. The van der Waals surface area contributed by atoms with Crippen molar-refractivity contribution in [2.75, 3.05) is 6.61 Å². The van der Waals surface area contributed by atoms with Crippen LogP contribution < -0.4 is 0 Å². The minimum absolute atomic E-state index is 0.0446. The molecule has 0 spiro atoms. The van der Waals surface area contributed by atoms with E-state index in [1.807, 2.05) is 6.07 Å². The highest BCUT2D eigenvalue weighted by Gasteiger charge is 2.44. The zero-order valence-electron chi connectivity index (χ0n) is 12.4. The topological polar surface area (TPSA) is 32.7 Å². The van der Waals surface area contributed by atoms with Gasteiger partial charge in [0, 0.05) is 11.1 Å². The average Bonchev–Trinajstić information content (AvgIpc) is 2.86. The second kappa shape index (κ2) is 4.90. The van der Waals surface area contributed by atoms with Gasteiger partial charge in [-0.05, 0) is 12.0 Å². The van der Waals surface area contributed by atoms with Crippen LogP contribution in [0.2, 0.25) is 0 Å². The molecule has 2 aliphatic heterocycles. The minimum Gasteiger partial charge on any atom is -0.366 e. The Kier molecular flexibility index (Phi) is 3.35. The molecular formula is C17H23NO2. The Morgan fingerprint density at radius 1 is 1.20 bits per heavy atom. The Labute approximate surface area is 120 Å². The molecule has 3 atom stereocenters. The quantitative estimate of drug-likeness (QED) is 0.853. The van der Waals surface area contributed by atoms with Crippen LogP contribution in [0.25, 0.3) is 0 Å². The second-order valence-corrected chi connectivity index (χ2v) is 6.70. The van der Waals surface area contributed by atoms with Gasteiger partial charge in [-0.3, -0.25) is 0 Å². The fourth-order valence-electron chi connectivity index (χ4n) is 3.29. The van der Waals surface area contributed by atoms with Crippen molar-refractivity contribution in [2.45, 2.75) is 45.6 Å². The number of ether oxygens (including phenoxy) is 1. The van der Waals surface area contributed by atoms with Crippen LogP contribution in [0.3, 0.4) is 0 Å². The van der Waals surface area contributed by atoms with Gasteiger partial charge in [0.25, 0.3) is 0 Å². The van der Waals surface area contributed by atoms with Crippen molar-refractivity contribution in [3.05, 3.63) is 47.7 Å². The normalized spacial score (nSPS) is 30.1. The summed E-state index contributed by atoms with van der Waals surface area (Å²) in [6.45, 7) is 7.22. The van der Waals surface area contributed by atoms with Crippen molar-refractivity contribution < 1.29 is 9.84 Å². The second-order valence-electron chi connectivity index (χ2n) is 6.70. The van der Waals surface area contributed by atoms with Gasteiger partial charge in [-0.1, -0.05) is 57.2 Å².